The highest BCUT2D eigenvalue weighted by Gasteiger charge is 2.16. The third kappa shape index (κ3) is 2.51. The van der Waals surface area contributed by atoms with E-state index in [1.807, 2.05) is 24.6 Å². The molecule has 3 rings (SSSR count). The van der Waals surface area contributed by atoms with E-state index < -0.39 is 5.95 Å². The summed E-state index contributed by atoms with van der Waals surface area (Å²) in [6.07, 6.45) is 1.78. The number of aryl methyl sites for hydroxylation is 2. The van der Waals surface area contributed by atoms with Crippen molar-refractivity contribution in [2.75, 3.05) is 5.75 Å². The van der Waals surface area contributed by atoms with Gasteiger partial charge in [-0.25, -0.2) is 9.97 Å². The van der Waals surface area contributed by atoms with Gasteiger partial charge < -0.3 is 4.57 Å². The van der Waals surface area contributed by atoms with Crippen molar-refractivity contribution in [2.45, 2.75) is 18.7 Å². The van der Waals surface area contributed by atoms with Crippen LogP contribution in [0.4, 0.5) is 4.39 Å². The predicted octanol–water partition coefficient (Wildman–Crippen LogP) is 3.59. The number of nitrogens with zero attached hydrogens (tertiary/aromatic N) is 4. The minimum Gasteiger partial charge on any atom is -0.325 e. The van der Waals surface area contributed by atoms with Crippen LogP contribution in [0.2, 0.25) is 0 Å². The average molecular weight is 302 g/mol. The number of pyridine rings is 2. The van der Waals surface area contributed by atoms with Crippen LogP contribution in [0.15, 0.2) is 29.3 Å². The first kappa shape index (κ1) is 14.0. The van der Waals surface area contributed by atoms with Crippen molar-refractivity contribution in [3.63, 3.8) is 0 Å². The molecule has 3 aromatic heterocycles. The van der Waals surface area contributed by atoms with Gasteiger partial charge in [0.1, 0.15) is 5.69 Å². The molecule has 0 radical (unpaired) electrons. The predicted molar refractivity (Wildman–Crippen MR) is 82.8 cm³/mol. The van der Waals surface area contributed by atoms with Crippen LogP contribution in [0, 0.1) is 12.9 Å². The van der Waals surface area contributed by atoms with Crippen LogP contribution in [-0.2, 0) is 7.05 Å². The smallest absolute Gasteiger partial charge is 0.213 e. The molecule has 0 aliphatic heterocycles. The highest BCUT2D eigenvalue weighted by atomic mass is 32.2. The number of thioether (sulfide) groups is 1. The minimum absolute atomic E-state index is 0.494. The molecule has 0 aromatic carbocycles. The lowest BCUT2D eigenvalue weighted by Crippen LogP contribution is -1.98. The molecule has 108 valence electrons. The molecule has 0 fully saturated rings. The van der Waals surface area contributed by atoms with Gasteiger partial charge >= 0.3 is 0 Å². The number of aromatic nitrogens is 4. The van der Waals surface area contributed by atoms with Gasteiger partial charge in [-0.3, -0.25) is 4.98 Å². The number of fused-ring (bicyclic) bond motifs is 1. The van der Waals surface area contributed by atoms with E-state index in [1.54, 1.807) is 24.0 Å². The Morgan fingerprint density at radius 2 is 2.10 bits per heavy atom. The fourth-order valence-corrected chi connectivity index (χ4v) is 3.00. The zero-order chi connectivity index (χ0) is 15.0. The van der Waals surface area contributed by atoms with Crippen molar-refractivity contribution >= 4 is 22.8 Å². The van der Waals surface area contributed by atoms with Crippen molar-refractivity contribution in [1.29, 1.82) is 0 Å². The van der Waals surface area contributed by atoms with Gasteiger partial charge in [-0.2, -0.15) is 4.39 Å². The highest BCUT2D eigenvalue weighted by molar-refractivity contribution is 7.99. The van der Waals surface area contributed by atoms with E-state index in [0.29, 0.717) is 11.5 Å². The molecule has 0 atom stereocenters. The first-order valence-electron chi connectivity index (χ1n) is 6.69. The van der Waals surface area contributed by atoms with Crippen molar-refractivity contribution in [2.24, 2.45) is 7.05 Å². The van der Waals surface area contributed by atoms with Crippen LogP contribution in [0.5, 0.6) is 0 Å². The molecule has 0 amide bonds. The van der Waals surface area contributed by atoms with Crippen LogP contribution in [0.3, 0.4) is 0 Å². The second-order valence-electron chi connectivity index (χ2n) is 4.72. The monoisotopic (exact) mass is 302 g/mol. The van der Waals surface area contributed by atoms with Gasteiger partial charge in [-0.05, 0) is 30.9 Å². The fraction of sp³-hybridized carbons (Fsp3) is 0.267. The molecule has 0 spiro atoms. The van der Waals surface area contributed by atoms with Gasteiger partial charge in [-0.1, -0.05) is 6.92 Å². The molecule has 0 saturated heterocycles. The average Bonchev–Trinajstić information content (AvgIpc) is 2.77. The first-order chi connectivity index (χ1) is 10.1. The quantitative estimate of drug-likeness (QED) is 0.548. The SMILES string of the molecule is CCSc1ccc(F)nc1-c1nc2cc(C)ncc2n1C. The summed E-state index contributed by atoms with van der Waals surface area (Å²) in [6.45, 7) is 3.98. The molecular formula is C15H15FN4S. The molecule has 4 nitrogen and oxygen atoms in total. The van der Waals surface area contributed by atoms with E-state index in [0.717, 1.165) is 27.4 Å². The summed E-state index contributed by atoms with van der Waals surface area (Å²) < 4.78 is 15.5. The standard InChI is InChI=1S/C15H15FN4S/c1-4-21-12-5-6-13(16)19-14(12)15-18-10-7-9(2)17-8-11(10)20(15)3/h5-8H,4H2,1-3H3. The molecule has 0 aliphatic carbocycles. The van der Waals surface area contributed by atoms with Crippen molar-refractivity contribution in [3.05, 3.63) is 36.0 Å². The van der Waals surface area contributed by atoms with Crippen LogP contribution < -0.4 is 0 Å². The first-order valence-corrected chi connectivity index (χ1v) is 7.67. The zero-order valence-corrected chi connectivity index (χ0v) is 12.9. The number of hydrogen-bond donors (Lipinski definition) is 0. The largest absolute Gasteiger partial charge is 0.325 e. The third-order valence-electron chi connectivity index (χ3n) is 3.24. The van der Waals surface area contributed by atoms with Gasteiger partial charge in [0, 0.05) is 17.6 Å². The molecule has 6 heteroatoms. The summed E-state index contributed by atoms with van der Waals surface area (Å²) >= 11 is 1.63. The molecular weight excluding hydrogens is 287 g/mol. The van der Waals surface area contributed by atoms with E-state index in [1.165, 1.54) is 6.07 Å². The van der Waals surface area contributed by atoms with Crippen LogP contribution in [0.1, 0.15) is 12.6 Å². The Bertz CT molecular complexity index is 813. The van der Waals surface area contributed by atoms with Gasteiger partial charge in [0.05, 0.1) is 17.2 Å². The van der Waals surface area contributed by atoms with Crippen LogP contribution in [0.25, 0.3) is 22.6 Å². The van der Waals surface area contributed by atoms with Crippen molar-refractivity contribution in [3.8, 4) is 11.5 Å². The second-order valence-corrected chi connectivity index (χ2v) is 6.03. The van der Waals surface area contributed by atoms with Crippen LogP contribution in [-0.4, -0.2) is 25.3 Å². The molecule has 3 heterocycles. The van der Waals surface area contributed by atoms with E-state index >= 15 is 0 Å². The Kier molecular flexibility index (Phi) is 3.63. The normalized spacial score (nSPS) is 11.2. The number of hydrogen-bond acceptors (Lipinski definition) is 4. The Morgan fingerprint density at radius 3 is 2.86 bits per heavy atom. The number of rotatable bonds is 3. The number of imidazole rings is 1. The van der Waals surface area contributed by atoms with E-state index in [-0.39, 0.29) is 0 Å². The van der Waals surface area contributed by atoms with E-state index in [9.17, 15) is 4.39 Å². The van der Waals surface area contributed by atoms with Gasteiger partial charge in [0.15, 0.2) is 5.82 Å². The van der Waals surface area contributed by atoms with Crippen molar-refractivity contribution < 1.29 is 4.39 Å². The molecule has 0 saturated carbocycles. The van der Waals surface area contributed by atoms with E-state index in [2.05, 4.69) is 21.9 Å². The minimum atomic E-state index is -0.494. The molecule has 21 heavy (non-hydrogen) atoms. The summed E-state index contributed by atoms with van der Waals surface area (Å²) in [5.74, 6) is 1.06. The van der Waals surface area contributed by atoms with Crippen molar-refractivity contribution in [1.82, 2.24) is 19.5 Å². The summed E-state index contributed by atoms with van der Waals surface area (Å²) in [5.41, 5.74) is 3.24. The Morgan fingerprint density at radius 1 is 1.29 bits per heavy atom. The molecule has 0 unspecified atom stereocenters. The Balaban J connectivity index is 2.24. The molecule has 0 N–H and O–H groups in total. The molecule has 3 aromatic rings. The molecule has 0 bridgehead atoms. The molecule has 0 aliphatic rings. The highest BCUT2D eigenvalue weighted by Crippen LogP contribution is 2.31. The summed E-state index contributed by atoms with van der Waals surface area (Å²) in [6, 6.07) is 5.06. The Hall–Kier alpha value is -1.95. The fourth-order valence-electron chi connectivity index (χ4n) is 2.26. The lowest BCUT2D eigenvalue weighted by atomic mass is 10.3. The summed E-state index contributed by atoms with van der Waals surface area (Å²) in [7, 11) is 1.90. The van der Waals surface area contributed by atoms with Gasteiger partial charge in [0.2, 0.25) is 5.95 Å². The summed E-state index contributed by atoms with van der Waals surface area (Å²) in [5, 5.41) is 0. The Labute approximate surface area is 126 Å². The third-order valence-corrected chi connectivity index (χ3v) is 4.17. The van der Waals surface area contributed by atoms with Gasteiger partial charge in [-0.15, -0.1) is 11.8 Å². The lowest BCUT2D eigenvalue weighted by Gasteiger charge is -2.07. The summed E-state index contributed by atoms with van der Waals surface area (Å²) in [4.78, 5) is 13.9. The number of halogens is 1. The van der Waals surface area contributed by atoms with Gasteiger partial charge in [0.25, 0.3) is 0 Å². The maximum atomic E-state index is 13.6. The lowest BCUT2D eigenvalue weighted by molar-refractivity contribution is 0.582. The van der Waals surface area contributed by atoms with Crippen LogP contribution >= 0.6 is 11.8 Å². The second kappa shape index (κ2) is 5.44. The van der Waals surface area contributed by atoms with E-state index in [4.69, 9.17) is 0 Å². The maximum absolute atomic E-state index is 13.6. The zero-order valence-electron chi connectivity index (χ0n) is 12.1. The maximum Gasteiger partial charge on any atom is 0.213 e. The topological polar surface area (TPSA) is 43.6 Å².